The highest BCUT2D eigenvalue weighted by molar-refractivity contribution is 6.39. The number of hydrogen-bond donors (Lipinski definition) is 4. The molecule has 2 aromatic heterocycles. The summed E-state index contributed by atoms with van der Waals surface area (Å²) >= 11 is 0. The van der Waals surface area contributed by atoms with Gasteiger partial charge in [0.2, 0.25) is 17.7 Å². The van der Waals surface area contributed by atoms with Gasteiger partial charge < -0.3 is 82.9 Å². The topological polar surface area (TPSA) is 321 Å². The number of rotatable bonds is 23. The molecule has 4 aliphatic heterocycles. The average molecular weight is 1430 g/mol. The number of carbonyl (C=O) groups is 6. The summed E-state index contributed by atoms with van der Waals surface area (Å²) in [7, 11) is 6.15. The molecule has 27 nitrogen and oxygen atoms in total. The third-order valence-electron chi connectivity index (χ3n) is 20.5. The summed E-state index contributed by atoms with van der Waals surface area (Å²) in [5.41, 5.74) is 2.39. The molecule has 1 unspecified atom stereocenters. The number of piperazine rings is 1. The number of fused-ring (bicyclic) bond motifs is 3. The predicted octanol–water partition coefficient (Wildman–Crippen LogP) is 7.27. The first-order chi connectivity index (χ1) is 49.0. The number of carbonyl (C=O) groups excluding carboxylic acids is 6. The summed E-state index contributed by atoms with van der Waals surface area (Å²) in [4.78, 5) is 108. The third kappa shape index (κ3) is 23.9. The molecule has 2 bridgehead atoms. The Balaban J connectivity index is 0.966. The second-order valence-electron chi connectivity index (χ2n) is 28.0. The van der Waals surface area contributed by atoms with Gasteiger partial charge in [0.1, 0.15) is 30.5 Å². The Bertz CT molecular complexity index is 3090. The number of piperidine rings is 1. The molecule has 3 saturated heterocycles. The van der Waals surface area contributed by atoms with Gasteiger partial charge >= 0.3 is 12.1 Å². The minimum Gasteiger partial charge on any atom is -0.460 e. The van der Waals surface area contributed by atoms with Crippen LogP contribution in [0.25, 0.3) is 0 Å². The largest absolute Gasteiger partial charge is 0.460 e. The lowest BCUT2D eigenvalue weighted by Gasteiger charge is -2.43. The van der Waals surface area contributed by atoms with E-state index in [1.807, 2.05) is 82.9 Å². The first-order valence-corrected chi connectivity index (χ1v) is 36.6. The highest BCUT2D eigenvalue weighted by Gasteiger charge is 2.53. The van der Waals surface area contributed by atoms with Crippen LogP contribution in [-0.4, -0.2) is 239 Å². The number of Topliss-reactive ketones (excluding diaryl/α,β-unsaturated/α-hetero) is 2. The Morgan fingerprint density at radius 3 is 2.01 bits per heavy atom. The number of aromatic nitrogens is 4. The third-order valence-corrected chi connectivity index (χ3v) is 20.5. The molecular formula is C75H115N9O18. The van der Waals surface area contributed by atoms with Crippen molar-refractivity contribution in [2.24, 2.45) is 35.5 Å². The second-order valence-corrected chi connectivity index (χ2v) is 28.0. The van der Waals surface area contributed by atoms with Crippen LogP contribution in [0.1, 0.15) is 148 Å². The van der Waals surface area contributed by atoms with Crippen LogP contribution < -0.4 is 20.4 Å². The van der Waals surface area contributed by atoms with Crippen LogP contribution in [0.4, 0.5) is 16.7 Å². The van der Waals surface area contributed by atoms with Gasteiger partial charge in [-0.2, -0.15) is 0 Å². The SMILES string of the molecule is CCOCCOCCOCCNC(=O)c1cnc(N2CCN(c3ncc(CNC(=O)O[C@@H]4CC[C@@H](C[C@@H](C)[C@@H]5C[C@@H](OC)[C@H](C)/C=C(\C)[C@@H](O)[C@@H](OC)C(=O)[C@H](C)C[C@H](C)/C=C/C=C/C=C(\C)C(OC)C[C@@H]6CC[C@@H](C)[C@@](O)(O6)C(=O)C(=O)N6CCCC[C@H]6C(=O)O5)C[C@H]4OC)cn3)CC2)nc1. The van der Waals surface area contributed by atoms with Crippen molar-refractivity contribution in [2.45, 2.75) is 200 Å². The Morgan fingerprint density at radius 2 is 1.36 bits per heavy atom. The van der Waals surface area contributed by atoms with Crippen LogP contribution in [0.15, 0.2) is 72.4 Å². The number of aliphatic hydroxyl groups excluding tert-OH is 1. The van der Waals surface area contributed by atoms with Gasteiger partial charge in [-0.15, -0.1) is 0 Å². The fourth-order valence-electron chi connectivity index (χ4n) is 14.3. The van der Waals surface area contributed by atoms with Crippen LogP contribution in [-0.2, 0) is 73.1 Å². The minimum absolute atomic E-state index is 0.0106. The number of anilines is 2. The molecule has 6 heterocycles. The van der Waals surface area contributed by atoms with Crippen LogP contribution in [0.5, 0.6) is 0 Å². The van der Waals surface area contributed by atoms with Gasteiger partial charge in [0.05, 0.1) is 63.0 Å². The van der Waals surface area contributed by atoms with Crippen molar-refractivity contribution in [1.29, 1.82) is 0 Å². The lowest BCUT2D eigenvalue weighted by atomic mass is 9.78. The molecule has 4 N–H and O–H groups in total. The zero-order valence-electron chi connectivity index (χ0n) is 62.2. The van der Waals surface area contributed by atoms with Crippen molar-refractivity contribution in [2.75, 3.05) is 117 Å². The molecule has 16 atom stereocenters. The first kappa shape index (κ1) is 82.6. The highest BCUT2D eigenvalue weighted by atomic mass is 16.6. The number of alkyl carbamates (subject to hydrolysis) is 1. The van der Waals surface area contributed by atoms with E-state index in [1.165, 1.54) is 24.4 Å². The number of methoxy groups -OCH3 is 4. The van der Waals surface area contributed by atoms with E-state index in [-0.39, 0.29) is 61.3 Å². The van der Waals surface area contributed by atoms with Crippen LogP contribution >= 0.6 is 0 Å². The molecule has 0 radical (unpaired) electrons. The normalized spacial score (nSPS) is 31.5. The smallest absolute Gasteiger partial charge is 0.407 e. The van der Waals surface area contributed by atoms with E-state index in [0.29, 0.717) is 165 Å². The predicted molar refractivity (Wildman–Crippen MR) is 381 cm³/mol. The fourth-order valence-corrected chi connectivity index (χ4v) is 14.3. The van der Waals surface area contributed by atoms with Crippen LogP contribution in [0.3, 0.4) is 0 Å². The highest BCUT2D eigenvalue weighted by Crippen LogP contribution is 2.39. The number of cyclic esters (lactones) is 1. The molecule has 1 saturated carbocycles. The lowest BCUT2D eigenvalue weighted by Crippen LogP contribution is -2.61. The van der Waals surface area contributed by atoms with Gasteiger partial charge in [0.15, 0.2) is 5.78 Å². The zero-order chi connectivity index (χ0) is 73.9. The van der Waals surface area contributed by atoms with E-state index in [2.05, 4.69) is 35.5 Å². The standard InChI is InChI=1S/C75H115N9O18/c1-13-97-33-34-99-36-35-98-32-26-76-69(88)57-46-79-73(80-47-57)83-30-28-82(29-31-83)72-77-43-56(44-78-72)45-81-74(91)101-60-25-23-55(40-64(60)95-11)39-51(5)63-42-62(94-10)50(4)38-53(7)66(86)67(96-12)65(85)52(6)37-48(2)19-15-14-16-20-49(3)61(93-9)41-58-24-22-54(8)75(92,102-58)68(87)70(89)84-27-18-17-21-59(84)71(90)100-63/h14-16,19-20,38,43-44,46-48,50-52,54-55,58-64,66-67,86,92H,13,17-18,21-37,39-42,45H2,1-12H3,(H,76,88)(H,81,91)/b16-14+,19-15+,49-20+,53-38+/t48-,50-,51-,52-,54-,55+,58+,59+,60-,61?,62-,63+,64-,66-,67+,75-/m1/s1. The van der Waals surface area contributed by atoms with Crippen molar-refractivity contribution in [3.8, 4) is 0 Å². The summed E-state index contributed by atoms with van der Waals surface area (Å²) in [6.07, 6.45) is 16.8. The van der Waals surface area contributed by atoms with Crippen molar-refractivity contribution in [3.05, 3.63) is 83.5 Å². The van der Waals surface area contributed by atoms with Crippen molar-refractivity contribution in [1.82, 2.24) is 35.5 Å². The molecule has 4 fully saturated rings. The van der Waals surface area contributed by atoms with Gasteiger partial charge in [-0.05, 0) is 114 Å². The number of hydrogen-bond acceptors (Lipinski definition) is 24. The zero-order valence-corrected chi connectivity index (χ0v) is 62.2. The molecule has 1 aliphatic carbocycles. The van der Waals surface area contributed by atoms with Gasteiger partial charge in [-0.1, -0.05) is 71.1 Å². The summed E-state index contributed by atoms with van der Waals surface area (Å²) in [6.45, 7) is 20.9. The maximum Gasteiger partial charge on any atom is 0.407 e. The molecule has 2 aromatic rings. The Morgan fingerprint density at radius 1 is 0.706 bits per heavy atom. The van der Waals surface area contributed by atoms with Crippen molar-refractivity contribution in [3.63, 3.8) is 0 Å². The molecule has 5 aliphatic rings. The molecule has 0 aromatic carbocycles. The Hall–Kier alpha value is -6.66. The molecule has 27 heteroatoms. The summed E-state index contributed by atoms with van der Waals surface area (Å²) < 4.78 is 58.9. The van der Waals surface area contributed by atoms with E-state index in [0.717, 1.165) is 5.57 Å². The molecule has 0 spiro atoms. The van der Waals surface area contributed by atoms with E-state index < -0.39 is 96.2 Å². The Kier molecular flexibility index (Phi) is 33.8. The quantitative estimate of drug-likeness (QED) is 0.0368. The van der Waals surface area contributed by atoms with Crippen molar-refractivity contribution < 1.29 is 86.3 Å². The lowest BCUT2D eigenvalue weighted by molar-refractivity contribution is -0.265. The van der Waals surface area contributed by atoms with Gasteiger partial charge in [0, 0.05) is 142 Å². The molecule has 3 amide bonds. The molecule has 7 rings (SSSR count). The molecule has 102 heavy (non-hydrogen) atoms. The van der Waals surface area contributed by atoms with E-state index >= 15 is 0 Å². The van der Waals surface area contributed by atoms with Gasteiger partial charge in [-0.3, -0.25) is 19.2 Å². The summed E-state index contributed by atoms with van der Waals surface area (Å²) in [6, 6.07) is -1.14. The van der Waals surface area contributed by atoms with Gasteiger partial charge in [0.25, 0.3) is 17.6 Å². The number of allylic oxidation sites excluding steroid dienone is 5. The summed E-state index contributed by atoms with van der Waals surface area (Å²) in [5, 5.41) is 29.6. The number of nitrogens with zero attached hydrogens (tertiary/aromatic N) is 7. The minimum atomic E-state index is -2.46. The molecular weight excluding hydrogens is 1310 g/mol. The number of ether oxygens (including phenoxy) is 10. The number of nitrogens with one attached hydrogen (secondary N) is 2. The maximum absolute atomic E-state index is 14.9. The maximum atomic E-state index is 14.9. The molecule has 568 valence electrons. The van der Waals surface area contributed by atoms with Crippen LogP contribution in [0.2, 0.25) is 0 Å². The number of amides is 3. The second kappa shape index (κ2) is 41.7. The summed E-state index contributed by atoms with van der Waals surface area (Å²) in [5.74, 6) is -6.59. The van der Waals surface area contributed by atoms with E-state index in [4.69, 9.17) is 47.4 Å². The first-order valence-electron chi connectivity index (χ1n) is 36.6. The van der Waals surface area contributed by atoms with E-state index in [9.17, 15) is 39.0 Å². The van der Waals surface area contributed by atoms with Crippen molar-refractivity contribution >= 4 is 47.3 Å². The number of ketones is 2. The number of esters is 1. The van der Waals surface area contributed by atoms with Crippen LogP contribution in [0, 0.1) is 35.5 Å². The van der Waals surface area contributed by atoms with Gasteiger partial charge in [-0.25, -0.2) is 29.5 Å². The Labute approximate surface area is 602 Å². The van der Waals surface area contributed by atoms with E-state index in [1.54, 1.807) is 47.6 Å². The monoisotopic (exact) mass is 1430 g/mol. The average Bonchev–Trinajstić information content (AvgIpc) is 0.772. The fraction of sp³-hybridized carbons (Fsp3) is 0.707. The number of aliphatic hydroxyl groups is 2.